The molecule has 1 unspecified atom stereocenters. The fraction of sp³-hybridized carbons (Fsp3) is 0.818. The minimum atomic E-state index is 0.677. The summed E-state index contributed by atoms with van der Waals surface area (Å²) in [7, 11) is 2.01. The Morgan fingerprint density at radius 2 is 2.08 bits per heavy atom. The predicted octanol–water partition coefficient (Wildman–Crippen LogP) is 2.98. The van der Waals surface area contributed by atoms with Crippen molar-refractivity contribution in [3.05, 3.63) is 11.6 Å². The van der Waals surface area contributed by atoms with Crippen LogP contribution in [0.2, 0.25) is 0 Å². The molecule has 0 saturated heterocycles. The number of hydrogen-bond donors (Lipinski definition) is 1. The molecule has 12 heavy (non-hydrogen) atoms. The summed E-state index contributed by atoms with van der Waals surface area (Å²) in [4.78, 5) is 0. The van der Waals surface area contributed by atoms with E-state index in [0.29, 0.717) is 5.92 Å². The highest BCUT2D eigenvalue weighted by atomic mass is 14.8. The predicted molar refractivity (Wildman–Crippen MR) is 56.4 cm³/mol. The third kappa shape index (κ3) is 5.36. The van der Waals surface area contributed by atoms with E-state index < -0.39 is 0 Å². The van der Waals surface area contributed by atoms with Crippen molar-refractivity contribution in [1.29, 1.82) is 0 Å². The minimum Gasteiger partial charge on any atom is -0.319 e. The van der Waals surface area contributed by atoms with E-state index >= 15 is 0 Å². The van der Waals surface area contributed by atoms with Crippen LogP contribution in [-0.2, 0) is 0 Å². The Morgan fingerprint density at radius 3 is 2.50 bits per heavy atom. The number of hydrogen-bond acceptors (Lipinski definition) is 1. The molecule has 0 fully saturated rings. The van der Waals surface area contributed by atoms with Gasteiger partial charge in [0.15, 0.2) is 0 Å². The molecule has 0 aromatic carbocycles. The van der Waals surface area contributed by atoms with Gasteiger partial charge in [-0.3, -0.25) is 0 Å². The lowest BCUT2D eigenvalue weighted by Gasteiger charge is -2.08. The quantitative estimate of drug-likeness (QED) is 0.603. The number of rotatable bonds is 6. The molecule has 0 aliphatic rings. The van der Waals surface area contributed by atoms with Crippen LogP contribution in [0.3, 0.4) is 0 Å². The van der Waals surface area contributed by atoms with Crippen molar-refractivity contribution < 1.29 is 0 Å². The molecule has 0 amide bonds. The van der Waals surface area contributed by atoms with E-state index in [1.54, 1.807) is 5.57 Å². The molecule has 0 bridgehead atoms. The molecule has 1 N–H and O–H groups in total. The summed E-state index contributed by atoms with van der Waals surface area (Å²) in [6.45, 7) is 7.84. The Balaban J connectivity index is 3.88. The summed E-state index contributed by atoms with van der Waals surface area (Å²) >= 11 is 0. The van der Waals surface area contributed by atoms with Gasteiger partial charge in [0.1, 0.15) is 0 Å². The maximum absolute atomic E-state index is 3.19. The van der Waals surface area contributed by atoms with Crippen molar-refractivity contribution in [2.45, 2.75) is 40.0 Å². The first-order chi connectivity index (χ1) is 5.74. The Labute approximate surface area is 77.2 Å². The van der Waals surface area contributed by atoms with Crippen molar-refractivity contribution in [2.24, 2.45) is 5.92 Å². The van der Waals surface area contributed by atoms with Gasteiger partial charge in [0.2, 0.25) is 0 Å². The van der Waals surface area contributed by atoms with Crippen molar-refractivity contribution in [3.8, 4) is 0 Å². The largest absolute Gasteiger partial charge is 0.319 e. The van der Waals surface area contributed by atoms with Crippen molar-refractivity contribution in [1.82, 2.24) is 5.32 Å². The Kier molecular flexibility index (Phi) is 7.17. The third-order valence-corrected chi connectivity index (χ3v) is 2.07. The summed E-state index contributed by atoms with van der Waals surface area (Å²) in [5.41, 5.74) is 1.61. The zero-order chi connectivity index (χ0) is 9.40. The topological polar surface area (TPSA) is 12.0 Å². The molecule has 0 aliphatic heterocycles. The van der Waals surface area contributed by atoms with Crippen LogP contribution in [0.25, 0.3) is 0 Å². The molecule has 1 heteroatoms. The van der Waals surface area contributed by atoms with Crippen LogP contribution in [0.4, 0.5) is 0 Å². The molecule has 0 rings (SSSR count). The van der Waals surface area contributed by atoms with Crippen LogP contribution in [-0.4, -0.2) is 13.6 Å². The highest BCUT2D eigenvalue weighted by molar-refractivity contribution is 5.03. The van der Waals surface area contributed by atoms with E-state index in [1.807, 2.05) is 7.05 Å². The smallest absolute Gasteiger partial charge is 0.000860 e. The Morgan fingerprint density at radius 1 is 1.42 bits per heavy atom. The van der Waals surface area contributed by atoms with Crippen molar-refractivity contribution in [3.63, 3.8) is 0 Å². The highest BCUT2D eigenvalue weighted by Crippen LogP contribution is 2.12. The zero-order valence-electron chi connectivity index (χ0n) is 8.98. The molecule has 0 spiro atoms. The molecule has 0 heterocycles. The molecular formula is C11H23N. The number of nitrogens with one attached hydrogen (secondary N) is 1. The fourth-order valence-electron chi connectivity index (χ4n) is 1.48. The van der Waals surface area contributed by atoms with Gasteiger partial charge in [0.25, 0.3) is 0 Å². The van der Waals surface area contributed by atoms with Gasteiger partial charge < -0.3 is 5.32 Å². The Bertz CT molecular complexity index is 127. The van der Waals surface area contributed by atoms with E-state index in [0.717, 1.165) is 6.54 Å². The van der Waals surface area contributed by atoms with Gasteiger partial charge in [-0.15, -0.1) is 0 Å². The second kappa shape index (κ2) is 7.35. The van der Waals surface area contributed by atoms with Gasteiger partial charge in [-0.05, 0) is 25.8 Å². The van der Waals surface area contributed by atoms with Crippen LogP contribution in [0.5, 0.6) is 0 Å². The summed E-state index contributed by atoms with van der Waals surface area (Å²) < 4.78 is 0. The molecule has 0 aliphatic carbocycles. The lowest BCUT2D eigenvalue weighted by Crippen LogP contribution is -2.14. The van der Waals surface area contributed by atoms with Gasteiger partial charge in [-0.25, -0.2) is 0 Å². The standard InChI is InChI=1S/C11H23N/c1-5-7-11(6-2)8-10(3)9-12-4/h8,10,12H,5-7,9H2,1-4H3/b11-8-. The monoisotopic (exact) mass is 169 g/mol. The Hall–Kier alpha value is -0.300. The van der Waals surface area contributed by atoms with Gasteiger partial charge in [0.05, 0.1) is 0 Å². The van der Waals surface area contributed by atoms with E-state index in [2.05, 4.69) is 32.2 Å². The molecule has 0 aromatic heterocycles. The van der Waals surface area contributed by atoms with Crippen molar-refractivity contribution >= 4 is 0 Å². The second-order valence-electron chi connectivity index (χ2n) is 3.46. The van der Waals surface area contributed by atoms with Crippen molar-refractivity contribution in [2.75, 3.05) is 13.6 Å². The summed E-state index contributed by atoms with van der Waals surface area (Å²) in [5, 5.41) is 3.19. The zero-order valence-corrected chi connectivity index (χ0v) is 8.98. The third-order valence-electron chi connectivity index (χ3n) is 2.07. The molecule has 0 aromatic rings. The average molecular weight is 169 g/mol. The molecule has 1 nitrogen and oxygen atoms in total. The first-order valence-electron chi connectivity index (χ1n) is 5.08. The average Bonchev–Trinajstić information content (AvgIpc) is 2.04. The van der Waals surface area contributed by atoms with E-state index in [1.165, 1.54) is 19.3 Å². The SMILES string of the molecule is CCC/C(=C\C(C)CNC)CC. The van der Waals surface area contributed by atoms with Crippen LogP contribution in [0, 0.1) is 5.92 Å². The maximum Gasteiger partial charge on any atom is 0.000860 e. The minimum absolute atomic E-state index is 0.677. The van der Waals surface area contributed by atoms with Crippen LogP contribution in [0.15, 0.2) is 11.6 Å². The van der Waals surface area contributed by atoms with Gasteiger partial charge in [0, 0.05) is 6.54 Å². The lowest BCUT2D eigenvalue weighted by atomic mass is 10.0. The molecule has 1 atom stereocenters. The van der Waals surface area contributed by atoms with Gasteiger partial charge in [-0.1, -0.05) is 38.8 Å². The normalized spacial score (nSPS) is 14.8. The lowest BCUT2D eigenvalue weighted by molar-refractivity contribution is 0.639. The van der Waals surface area contributed by atoms with Crippen LogP contribution < -0.4 is 5.32 Å². The highest BCUT2D eigenvalue weighted by Gasteiger charge is 1.98. The van der Waals surface area contributed by atoms with Crippen LogP contribution >= 0.6 is 0 Å². The molecule has 72 valence electrons. The van der Waals surface area contributed by atoms with E-state index in [9.17, 15) is 0 Å². The van der Waals surface area contributed by atoms with E-state index in [4.69, 9.17) is 0 Å². The first-order valence-corrected chi connectivity index (χ1v) is 5.08. The second-order valence-corrected chi connectivity index (χ2v) is 3.46. The number of allylic oxidation sites excluding steroid dienone is 1. The van der Waals surface area contributed by atoms with Crippen LogP contribution in [0.1, 0.15) is 40.0 Å². The summed E-state index contributed by atoms with van der Waals surface area (Å²) in [6.07, 6.45) is 6.17. The molecule has 0 radical (unpaired) electrons. The van der Waals surface area contributed by atoms with Gasteiger partial charge >= 0.3 is 0 Å². The van der Waals surface area contributed by atoms with E-state index in [-0.39, 0.29) is 0 Å². The summed E-state index contributed by atoms with van der Waals surface area (Å²) in [6, 6.07) is 0. The fourth-order valence-corrected chi connectivity index (χ4v) is 1.48. The first kappa shape index (κ1) is 11.7. The summed E-state index contributed by atoms with van der Waals surface area (Å²) in [5.74, 6) is 0.677. The molecule has 0 saturated carbocycles. The molecular weight excluding hydrogens is 146 g/mol. The maximum atomic E-state index is 3.19. The van der Waals surface area contributed by atoms with Gasteiger partial charge in [-0.2, -0.15) is 0 Å².